The summed E-state index contributed by atoms with van der Waals surface area (Å²) in [5.74, 6) is -0.179. The second-order valence-electron chi connectivity index (χ2n) is 5.81. The lowest BCUT2D eigenvalue weighted by atomic mass is 9.96. The van der Waals surface area contributed by atoms with Crippen LogP contribution in [0, 0.1) is 0 Å². The Labute approximate surface area is 117 Å². The van der Waals surface area contributed by atoms with Crippen LogP contribution in [0.15, 0.2) is 0 Å². The zero-order valence-electron chi connectivity index (χ0n) is 13.0. The molecule has 2 unspecified atom stereocenters. The van der Waals surface area contributed by atoms with Gasteiger partial charge in [0.25, 0.3) is 0 Å². The molecule has 19 heavy (non-hydrogen) atoms. The van der Waals surface area contributed by atoms with E-state index < -0.39 is 5.54 Å². The number of nitrogens with one attached hydrogen (secondary N) is 1. The van der Waals surface area contributed by atoms with Gasteiger partial charge in [0.2, 0.25) is 0 Å². The molecule has 1 fully saturated rings. The van der Waals surface area contributed by atoms with Crippen LogP contribution in [0.5, 0.6) is 0 Å². The van der Waals surface area contributed by atoms with E-state index in [2.05, 4.69) is 29.1 Å². The lowest BCUT2D eigenvalue weighted by Gasteiger charge is -2.38. The summed E-state index contributed by atoms with van der Waals surface area (Å²) < 4.78 is 4.86. The third kappa shape index (κ3) is 4.44. The van der Waals surface area contributed by atoms with Crippen molar-refractivity contribution < 1.29 is 9.53 Å². The normalized spacial score (nSPS) is 25.0. The molecule has 5 nitrogen and oxygen atoms in total. The van der Waals surface area contributed by atoms with Gasteiger partial charge in [0.05, 0.1) is 7.11 Å². The maximum atomic E-state index is 11.7. The minimum Gasteiger partial charge on any atom is -0.468 e. The molecule has 1 heterocycles. The van der Waals surface area contributed by atoms with Crippen LogP contribution in [0.4, 0.5) is 0 Å². The van der Waals surface area contributed by atoms with Crippen LogP contribution in [-0.4, -0.2) is 74.7 Å². The molecule has 1 N–H and O–H groups in total. The van der Waals surface area contributed by atoms with Crippen molar-refractivity contribution in [2.24, 2.45) is 0 Å². The summed E-state index contributed by atoms with van der Waals surface area (Å²) in [5.41, 5.74) is -0.563. The van der Waals surface area contributed by atoms with Crippen LogP contribution in [0.3, 0.4) is 0 Å². The molecule has 0 aliphatic carbocycles. The summed E-state index contributed by atoms with van der Waals surface area (Å²) in [7, 11) is 5.44. The van der Waals surface area contributed by atoms with Crippen LogP contribution in [0.2, 0.25) is 0 Å². The van der Waals surface area contributed by atoms with Crippen molar-refractivity contribution in [2.75, 3.05) is 47.4 Å². The molecular weight excluding hydrogens is 242 g/mol. The molecule has 1 aliphatic heterocycles. The monoisotopic (exact) mass is 271 g/mol. The van der Waals surface area contributed by atoms with Gasteiger partial charge in [0.1, 0.15) is 5.54 Å². The van der Waals surface area contributed by atoms with Gasteiger partial charge in [0.15, 0.2) is 0 Å². The number of likely N-dealkylation sites (N-methyl/N-ethyl adjacent to an activating group) is 2. The van der Waals surface area contributed by atoms with Crippen molar-refractivity contribution in [3.8, 4) is 0 Å². The molecule has 0 radical (unpaired) electrons. The second-order valence-corrected chi connectivity index (χ2v) is 5.81. The average Bonchev–Trinajstić information content (AvgIpc) is 2.41. The van der Waals surface area contributed by atoms with Crippen molar-refractivity contribution >= 4 is 5.97 Å². The highest BCUT2D eigenvalue weighted by Crippen LogP contribution is 2.15. The molecule has 0 aromatic heterocycles. The van der Waals surface area contributed by atoms with Gasteiger partial charge in [-0.05, 0) is 47.3 Å². The van der Waals surface area contributed by atoms with E-state index in [9.17, 15) is 4.79 Å². The molecule has 0 spiro atoms. The highest BCUT2D eigenvalue weighted by Gasteiger charge is 2.32. The molecule has 5 heteroatoms. The van der Waals surface area contributed by atoms with Crippen molar-refractivity contribution in [2.45, 2.75) is 38.3 Å². The zero-order valence-corrected chi connectivity index (χ0v) is 13.0. The first kappa shape index (κ1) is 16.4. The predicted molar refractivity (Wildman–Crippen MR) is 77.2 cm³/mol. The third-order valence-electron chi connectivity index (χ3n) is 4.38. The van der Waals surface area contributed by atoms with Crippen molar-refractivity contribution in [3.05, 3.63) is 0 Å². The fourth-order valence-electron chi connectivity index (χ4n) is 2.54. The average molecular weight is 271 g/mol. The smallest absolute Gasteiger partial charge is 0.325 e. The van der Waals surface area contributed by atoms with Crippen LogP contribution in [-0.2, 0) is 9.53 Å². The summed E-state index contributed by atoms with van der Waals surface area (Å²) in [6, 6.07) is 0.616. The maximum absolute atomic E-state index is 11.7. The molecule has 112 valence electrons. The van der Waals surface area contributed by atoms with E-state index in [1.54, 1.807) is 0 Å². The topological polar surface area (TPSA) is 44.8 Å². The third-order valence-corrected chi connectivity index (χ3v) is 4.38. The summed E-state index contributed by atoms with van der Waals surface area (Å²) in [6.07, 6.45) is 1.81. The van der Waals surface area contributed by atoms with Crippen LogP contribution < -0.4 is 5.32 Å². The number of esters is 1. The largest absolute Gasteiger partial charge is 0.468 e. The highest BCUT2D eigenvalue weighted by atomic mass is 16.5. The molecule has 1 saturated heterocycles. The Bertz CT molecular complexity index is 298. The lowest BCUT2D eigenvalue weighted by molar-refractivity contribution is -0.148. The highest BCUT2D eigenvalue weighted by molar-refractivity contribution is 5.80. The van der Waals surface area contributed by atoms with E-state index in [-0.39, 0.29) is 5.97 Å². The van der Waals surface area contributed by atoms with E-state index in [0.29, 0.717) is 6.04 Å². The standard InChI is InChI=1S/C14H29N3O2/c1-12-11-17(10-9-16(12)4)8-6-7-14(2,15-3)13(18)19-5/h12,15H,6-11H2,1-5H3. The zero-order chi connectivity index (χ0) is 14.5. The predicted octanol–water partition coefficient (Wildman–Crippen LogP) is 0.554. The molecule has 0 aromatic carbocycles. The molecule has 0 aromatic rings. The summed E-state index contributed by atoms with van der Waals surface area (Å²) in [4.78, 5) is 16.6. The minimum absolute atomic E-state index is 0.179. The van der Waals surface area contributed by atoms with Gasteiger partial charge >= 0.3 is 5.97 Å². The minimum atomic E-state index is -0.563. The SMILES string of the molecule is CNC(C)(CCCN1CCN(C)C(C)C1)C(=O)OC. The molecule has 1 aliphatic rings. The number of methoxy groups -OCH3 is 1. The van der Waals surface area contributed by atoms with Crippen LogP contribution >= 0.6 is 0 Å². The van der Waals surface area contributed by atoms with Crippen molar-refractivity contribution in [3.63, 3.8) is 0 Å². The summed E-state index contributed by atoms with van der Waals surface area (Å²) in [6.45, 7) is 8.58. The van der Waals surface area contributed by atoms with Gasteiger partial charge in [-0.25, -0.2) is 0 Å². The summed E-state index contributed by atoms with van der Waals surface area (Å²) >= 11 is 0. The quantitative estimate of drug-likeness (QED) is 0.715. The first-order valence-corrected chi connectivity index (χ1v) is 7.13. The van der Waals surface area contributed by atoms with Crippen LogP contribution in [0.1, 0.15) is 26.7 Å². The number of piperazine rings is 1. The Morgan fingerprint density at radius 1 is 1.47 bits per heavy atom. The number of carbonyl (C=O) groups excluding carboxylic acids is 1. The lowest BCUT2D eigenvalue weighted by Crippen LogP contribution is -2.51. The van der Waals surface area contributed by atoms with Gasteiger partial charge in [-0.2, -0.15) is 0 Å². The number of carbonyl (C=O) groups is 1. The summed E-state index contributed by atoms with van der Waals surface area (Å²) in [5, 5.41) is 3.08. The second kappa shape index (κ2) is 7.22. The number of ether oxygens (including phenoxy) is 1. The van der Waals surface area contributed by atoms with Gasteiger partial charge in [-0.1, -0.05) is 0 Å². The fourth-order valence-corrected chi connectivity index (χ4v) is 2.54. The molecular formula is C14H29N3O2. The Morgan fingerprint density at radius 3 is 2.68 bits per heavy atom. The number of rotatable bonds is 6. The molecule has 0 bridgehead atoms. The first-order valence-electron chi connectivity index (χ1n) is 7.13. The van der Waals surface area contributed by atoms with E-state index in [4.69, 9.17) is 4.74 Å². The fraction of sp³-hybridized carbons (Fsp3) is 0.929. The van der Waals surface area contributed by atoms with Crippen LogP contribution in [0.25, 0.3) is 0 Å². The van der Waals surface area contributed by atoms with E-state index in [1.807, 2.05) is 14.0 Å². The van der Waals surface area contributed by atoms with E-state index in [0.717, 1.165) is 39.0 Å². The van der Waals surface area contributed by atoms with Crippen molar-refractivity contribution in [1.82, 2.24) is 15.1 Å². The van der Waals surface area contributed by atoms with Gasteiger partial charge in [-0.15, -0.1) is 0 Å². The Hall–Kier alpha value is -0.650. The number of hydrogen-bond donors (Lipinski definition) is 1. The Morgan fingerprint density at radius 2 is 2.16 bits per heavy atom. The van der Waals surface area contributed by atoms with Gasteiger partial charge in [-0.3, -0.25) is 4.79 Å². The van der Waals surface area contributed by atoms with E-state index in [1.165, 1.54) is 7.11 Å². The molecule has 2 atom stereocenters. The molecule has 0 saturated carbocycles. The molecule has 0 amide bonds. The Balaban J connectivity index is 2.35. The van der Waals surface area contributed by atoms with Gasteiger partial charge < -0.3 is 19.9 Å². The number of nitrogens with zero attached hydrogens (tertiary/aromatic N) is 2. The van der Waals surface area contributed by atoms with E-state index >= 15 is 0 Å². The Kier molecular flexibility index (Phi) is 6.23. The van der Waals surface area contributed by atoms with Gasteiger partial charge in [0, 0.05) is 25.7 Å². The van der Waals surface area contributed by atoms with Crippen molar-refractivity contribution in [1.29, 1.82) is 0 Å². The molecule has 1 rings (SSSR count). The maximum Gasteiger partial charge on any atom is 0.325 e. The number of hydrogen-bond acceptors (Lipinski definition) is 5. The first-order chi connectivity index (χ1) is 8.92.